The third kappa shape index (κ3) is 1.84. The number of ketones is 1. The molecule has 2 rings (SSSR count). The first kappa shape index (κ1) is 12.2. The lowest BCUT2D eigenvalue weighted by Crippen LogP contribution is -2.31. The van der Waals surface area contributed by atoms with Crippen molar-refractivity contribution in [3.63, 3.8) is 0 Å². The Hall–Kier alpha value is -0.300. The Balaban J connectivity index is 2.26. The maximum Gasteiger partial charge on any atom is 0.139 e. The highest BCUT2D eigenvalue weighted by atomic mass is 35.5. The van der Waals surface area contributed by atoms with E-state index >= 15 is 0 Å². The van der Waals surface area contributed by atoms with Crippen molar-refractivity contribution in [2.24, 2.45) is 11.3 Å². The van der Waals surface area contributed by atoms with E-state index in [4.69, 9.17) is 11.6 Å². The Morgan fingerprint density at radius 3 is 2.81 bits per heavy atom. The van der Waals surface area contributed by atoms with Crippen LogP contribution in [0.3, 0.4) is 0 Å². The number of allylic oxidation sites excluding steroid dienone is 2. The number of hydrogen-bond donors (Lipinski definition) is 0. The van der Waals surface area contributed by atoms with Gasteiger partial charge >= 0.3 is 0 Å². The molecule has 2 heteroatoms. The largest absolute Gasteiger partial charge is 0.299 e. The standard InChI is InChI=1S/C14H21ClO/c1-2-11(7-10-15)12-5-3-8-14(12)9-4-6-13(14)16/h7,12H,2-6,8-10H2,1H3/b11-7+/t12-,14+/m1/s1. The topological polar surface area (TPSA) is 17.1 Å². The van der Waals surface area contributed by atoms with E-state index in [1.165, 1.54) is 18.4 Å². The van der Waals surface area contributed by atoms with Gasteiger partial charge in [0, 0.05) is 17.7 Å². The van der Waals surface area contributed by atoms with Gasteiger partial charge < -0.3 is 0 Å². The number of hydrogen-bond acceptors (Lipinski definition) is 1. The van der Waals surface area contributed by atoms with Crippen LogP contribution >= 0.6 is 11.6 Å². The summed E-state index contributed by atoms with van der Waals surface area (Å²) in [6, 6.07) is 0. The highest BCUT2D eigenvalue weighted by molar-refractivity contribution is 6.18. The second-order valence-corrected chi connectivity index (χ2v) is 5.47. The van der Waals surface area contributed by atoms with Crippen molar-refractivity contribution in [2.45, 2.75) is 51.9 Å². The molecule has 0 radical (unpaired) electrons. The molecular weight excluding hydrogens is 220 g/mol. The highest BCUT2D eigenvalue weighted by Gasteiger charge is 2.51. The van der Waals surface area contributed by atoms with Crippen LogP contribution < -0.4 is 0 Å². The Morgan fingerprint density at radius 1 is 1.50 bits per heavy atom. The van der Waals surface area contributed by atoms with Crippen LogP contribution in [0.4, 0.5) is 0 Å². The molecule has 2 atom stereocenters. The highest BCUT2D eigenvalue weighted by Crippen LogP contribution is 2.55. The number of Topliss-reactive ketones (excluding diaryl/α,β-unsaturated/α-hetero) is 1. The number of carbonyl (C=O) groups is 1. The SMILES string of the molecule is CC/C(=C\CCl)[C@H]1CCC[C@]12CCCC2=O. The van der Waals surface area contributed by atoms with E-state index in [-0.39, 0.29) is 5.41 Å². The predicted molar refractivity (Wildman–Crippen MR) is 67.7 cm³/mol. The van der Waals surface area contributed by atoms with Gasteiger partial charge in [-0.2, -0.15) is 0 Å². The Labute approximate surface area is 103 Å². The average molecular weight is 241 g/mol. The van der Waals surface area contributed by atoms with Crippen LogP contribution in [0.2, 0.25) is 0 Å². The van der Waals surface area contributed by atoms with Crippen molar-refractivity contribution in [1.29, 1.82) is 0 Å². The Kier molecular flexibility index (Phi) is 3.73. The molecule has 16 heavy (non-hydrogen) atoms. The minimum Gasteiger partial charge on any atom is -0.299 e. The zero-order chi connectivity index (χ0) is 11.6. The van der Waals surface area contributed by atoms with Crippen molar-refractivity contribution in [1.82, 2.24) is 0 Å². The van der Waals surface area contributed by atoms with Crippen LogP contribution in [-0.4, -0.2) is 11.7 Å². The quantitative estimate of drug-likeness (QED) is 0.536. The lowest BCUT2D eigenvalue weighted by Gasteiger charge is -2.31. The Bertz CT molecular complexity index is 304. The molecule has 2 saturated carbocycles. The monoisotopic (exact) mass is 240 g/mol. The molecule has 2 fully saturated rings. The first-order chi connectivity index (χ1) is 7.74. The minimum atomic E-state index is 0.0217. The lowest BCUT2D eigenvalue weighted by atomic mass is 9.71. The maximum absolute atomic E-state index is 12.2. The minimum absolute atomic E-state index is 0.0217. The molecule has 2 aliphatic rings. The van der Waals surface area contributed by atoms with E-state index in [0.717, 1.165) is 32.1 Å². The predicted octanol–water partition coefficient (Wildman–Crippen LogP) is 4.10. The van der Waals surface area contributed by atoms with E-state index in [2.05, 4.69) is 13.0 Å². The van der Waals surface area contributed by atoms with Gasteiger partial charge in [0.15, 0.2) is 0 Å². The summed E-state index contributed by atoms with van der Waals surface area (Å²) in [5.74, 6) is 1.62. The molecule has 0 amide bonds. The molecule has 0 aromatic heterocycles. The number of rotatable bonds is 3. The molecule has 0 saturated heterocycles. The molecular formula is C14H21ClO. The van der Waals surface area contributed by atoms with Crippen LogP contribution in [-0.2, 0) is 4.79 Å². The van der Waals surface area contributed by atoms with E-state index < -0.39 is 0 Å². The zero-order valence-corrected chi connectivity index (χ0v) is 10.9. The van der Waals surface area contributed by atoms with Gasteiger partial charge in [-0.1, -0.05) is 25.0 Å². The second-order valence-electron chi connectivity index (χ2n) is 5.16. The molecule has 0 heterocycles. The zero-order valence-electron chi connectivity index (χ0n) is 10.1. The van der Waals surface area contributed by atoms with Gasteiger partial charge in [-0.3, -0.25) is 4.79 Å². The second kappa shape index (κ2) is 4.91. The van der Waals surface area contributed by atoms with Gasteiger partial charge in [-0.25, -0.2) is 0 Å². The maximum atomic E-state index is 12.2. The molecule has 0 N–H and O–H groups in total. The van der Waals surface area contributed by atoms with Gasteiger partial charge in [-0.15, -0.1) is 11.6 Å². The van der Waals surface area contributed by atoms with Crippen LogP contribution in [0.1, 0.15) is 51.9 Å². The van der Waals surface area contributed by atoms with Gasteiger partial charge in [0.2, 0.25) is 0 Å². The fourth-order valence-corrected chi connectivity index (χ4v) is 4.03. The number of carbonyl (C=O) groups excluding carboxylic acids is 1. The summed E-state index contributed by atoms with van der Waals surface area (Å²) >= 11 is 5.82. The number of alkyl halides is 1. The third-order valence-corrected chi connectivity index (χ3v) is 4.71. The van der Waals surface area contributed by atoms with Crippen LogP contribution in [0.25, 0.3) is 0 Å². The first-order valence-electron chi connectivity index (χ1n) is 6.53. The lowest BCUT2D eigenvalue weighted by molar-refractivity contribution is -0.127. The summed E-state index contributed by atoms with van der Waals surface area (Å²) in [7, 11) is 0. The van der Waals surface area contributed by atoms with E-state index in [1.54, 1.807) is 0 Å². The molecule has 0 aromatic carbocycles. The average Bonchev–Trinajstić information content (AvgIpc) is 2.85. The summed E-state index contributed by atoms with van der Waals surface area (Å²) in [6.45, 7) is 2.18. The molecule has 0 bridgehead atoms. The van der Waals surface area contributed by atoms with Crippen molar-refractivity contribution in [3.8, 4) is 0 Å². The van der Waals surface area contributed by atoms with Crippen molar-refractivity contribution >= 4 is 17.4 Å². The summed E-state index contributed by atoms with van der Waals surface area (Å²) in [4.78, 5) is 12.2. The van der Waals surface area contributed by atoms with Crippen LogP contribution in [0.15, 0.2) is 11.6 Å². The van der Waals surface area contributed by atoms with Gasteiger partial charge in [0.25, 0.3) is 0 Å². The molecule has 0 unspecified atom stereocenters. The fraction of sp³-hybridized carbons (Fsp3) is 0.786. The molecule has 1 spiro atoms. The molecule has 2 aliphatic carbocycles. The van der Waals surface area contributed by atoms with Crippen molar-refractivity contribution in [3.05, 3.63) is 11.6 Å². The van der Waals surface area contributed by atoms with Crippen molar-refractivity contribution < 1.29 is 4.79 Å². The van der Waals surface area contributed by atoms with Gasteiger partial charge in [0.05, 0.1) is 0 Å². The van der Waals surface area contributed by atoms with Gasteiger partial charge in [-0.05, 0) is 38.0 Å². The molecule has 0 aliphatic heterocycles. The normalized spacial score (nSPS) is 35.2. The number of halogens is 1. The smallest absolute Gasteiger partial charge is 0.139 e. The third-order valence-electron chi connectivity index (χ3n) is 4.56. The molecule has 0 aromatic rings. The summed E-state index contributed by atoms with van der Waals surface area (Å²) in [5.41, 5.74) is 1.45. The Morgan fingerprint density at radius 2 is 2.25 bits per heavy atom. The van der Waals surface area contributed by atoms with Crippen molar-refractivity contribution in [2.75, 3.05) is 5.88 Å². The summed E-state index contributed by atoms with van der Waals surface area (Å²) in [6.07, 6.45) is 9.77. The van der Waals surface area contributed by atoms with Crippen LogP contribution in [0, 0.1) is 11.3 Å². The first-order valence-corrected chi connectivity index (χ1v) is 7.06. The van der Waals surface area contributed by atoms with Crippen LogP contribution in [0.5, 0.6) is 0 Å². The summed E-state index contributed by atoms with van der Waals surface area (Å²) in [5, 5.41) is 0. The fourth-order valence-electron chi connectivity index (χ4n) is 3.83. The van der Waals surface area contributed by atoms with E-state index in [1.807, 2.05) is 0 Å². The molecule has 1 nitrogen and oxygen atoms in total. The summed E-state index contributed by atoms with van der Waals surface area (Å²) < 4.78 is 0. The van der Waals surface area contributed by atoms with E-state index in [0.29, 0.717) is 17.6 Å². The molecule has 90 valence electrons. The van der Waals surface area contributed by atoms with E-state index in [9.17, 15) is 4.79 Å². The van der Waals surface area contributed by atoms with Gasteiger partial charge in [0.1, 0.15) is 5.78 Å².